The molecule has 2 aromatic rings. The molecule has 1 saturated carbocycles. The number of nitrogens with one attached hydrogen (secondary N) is 1. The Labute approximate surface area is 176 Å². The van der Waals surface area contributed by atoms with Gasteiger partial charge in [0.15, 0.2) is 0 Å². The molecule has 0 radical (unpaired) electrons. The Morgan fingerprint density at radius 2 is 1.97 bits per heavy atom. The third-order valence-electron chi connectivity index (χ3n) is 5.59. The second kappa shape index (κ2) is 9.57. The average Bonchev–Trinajstić information content (AvgIpc) is 3.44. The standard InChI is InChI=1S/C24H27N3O3/c28-22(14-11-18-9-12-20(13-10-18)27-16-4-8-23(27)29)26-17-19-5-3-15-25-24(19)30-21-6-1-2-7-21/h3,5,9-15,21H,1-2,4,6-8,16-17H2,(H,26,28)/b14-11+. The molecule has 2 amide bonds. The second-order valence-corrected chi connectivity index (χ2v) is 7.78. The fraction of sp³-hybridized carbons (Fsp3) is 0.375. The molecule has 1 aliphatic heterocycles. The van der Waals surface area contributed by atoms with E-state index >= 15 is 0 Å². The summed E-state index contributed by atoms with van der Waals surface area (Å²) in [5.74, 6) is 0.606. The predicted molar refractivity (Wildman–Crippen MR) is 116 cm³/mol. The first-order valence-corrected chi connectivity index (χ1v) is 10.7. The topological polar surface area (TPSA) is 71.5 Å². The molecular weight excluding hydrogens is 378 g/mol. The van der Waals surface area contributed by atoms with Gasteiger partial charge in [0.25, 0.3) is 0 Å². The van der Waals surface area contributed by atoms with Crippen LogP contribution >= 0.6 is 0 Å². The van der Waals surface area contributed by atoms with Gasteiger partial charge in [0.2, 0.25) is 17.7 Å². The minimum Gasteiger partial charge on any atom is -0.474 e. The summed E-state index contributed by atoms with van der Waals surface area (Å²) in [7, 11) is 0. The Kier molecular flexibility index (Phi) is 6.42. The lowest BCUT2D eigenvalue weighted by atomic mass is 10.2. The number of anilines is 1. The summed E-state index contributed by atoms with van der Waals surface area (Å²) >= 11 is 0. The fourth-order valence-electron chi connectivity index (χ4n) is 3.93. The van der Waals surface area contributed by atoms with E-state index in [-0.39, 0.29) is 17.9 Å². The van der Waals surface area contributed by atoms with Gasteiger partial charge < -0.3 is 15.0 Å². The van der Waals surface area contributed by atoms with Crippen LogP contribution < -0.4 is 15.0 Å². The number of hydrogen-bond acceptors (Lipinski definition) is 4. The van der Waals surface area contributed by atoms with E-state index in [0.717, 1.165) is 42.6 Å². The van der Waals surface area contributed by atoms with Crippen molar-refractivity contribution in [2.24, 2.45) is 0 Å². The van der Waals surface area contributed by atoms with Gasteiger partial charge in [0, 0.05) is 43.0 Å². The number of carbonyl (C=O) groups excluding carboxylic acids is 2. The zero-order chi connectivity index (χ0) is 20.8. The summed E-state index contributed by atoms with van der Waals surface area (Å²) in [4.78, 5) is 30.2. The highest BCUT2D eigenvalue weighted by molar-refractivity contribution is 5.95. The van der Waals surface area contributed by atoms with Gasteiger partial charge in [-0.1, -0.05) is 18.2 Å². The first kappa shape index (κ1) is 20.1. The van der Waals surface area contributed by atoms with Gasteiger partial charge in [0.05, 0.1) is 0 Å². The van der Waals surface area contributed by atoms with Gasteiger partial charge >= 0.3 is 0 Å². The lowest BCUT2D eigenvalue weighted by Crippen LogP contribution is -2.23. The van der Waals surface area contributed by atoms with Crippen LogP contribution in [0.15, 0.2) is 48.7 Å². The summed E-state index contributed by atoms with van der Waals surface area (Å²) in [5.41, 5.74) is 2.70. The Morgan fingerprint density at radius 1 is 1.17 bits per heavy atom. The molecule has 1 aromatic carbocycles. The van der Waals surface area contributed by atoms with Crippen molar-refractivity contribution < 1.29 is 14.3 Å². The molecule has 4 rings (SSSR count). The van der Waals surface area contributed by atoms with E-state index in [1.807, 2.05) is 36.4 Å². The lowest BCUT2D eigenvalue weighted by molar-refractivity contribution is -0.117. The van der Waals surface area contributed by atoms with E-state index < -0.39 is 0 Å². The number of pyridine rings is 1. The first-order valence-electron chi connectivity index (χ1n) is 10.7. The van der Waals surface area contributed by atoms with Crippen LogP contribution in [0.2, 0.25) is 0 Å². The van der Waals surface area contributed by atoms with Crippen molar-refractivity contribution in [2.75, 3.05) is 11.4 Å². The zero-order valence-electron chi connectivity index (χ0n) is 17.0. The van der Waals surface area contributed by atoms with Crippen molar-refractivity contribution >= 4 is 23.6 Å². The number of carbonyl (C=O) groups is 2. The van der Waals surface area contributed by atoms with Gasteiger partial charge in [0.1, 0.15) is 6.10 Å². The summed E-state index contributed by atoms with van der Waals surface area (Å²) in [6.45, 7) is 1.15. The molecule has 2 heterocycles. The van der Waals surface area contributed by atoms with Crippen molar-refractivity contribution in [1.82, 2.24) is 10.3 Å². The molecule has 0 unspecified atom stereocenters. The summed E-state index contributed by atoms with van der Waals surface area (Å²) in [6.07, 6.45) is 11.3. The number of hydrogen-bond donors (Lipinski definition) is 1. The van der Waals surface area contributed by atoms with Crippen molar-refractivity contribution in [3.63, 3.8) is 0 Å². The maximum atomic E-state index is 12.3. The number of rotatable bonds is 7. The van der Waals surface area contributed by atoms with Crippen LogP contribution in [0.4, 0.5) is 5.69 Å². The van der Waals surface area contributed by atoms with Gasteiger partial charge in [-0.3, -0.25) is 9.59 Å². The summed E-state index contributed by atoms with van der Waals surface area (Å²) in [5, 5.41) is 2.90. The molecular formula is C24H27N3O3. The Balaban J connectivity index is 1.30. The van der Waals surface area contributed by atoms with Crippen molar-refractivity contribution in [3.05, 3.63) is 59.8 Å². The molecule has 0 atom stereocenters. The normalized spacial score (nSPS) is 17.1. The summed E-state index contributed by atoms with van der Waals surface area (Å²) < 4.78 is 6.02. The van der Waals surface area contributed by atoms with Crippen LogP contribution in [0.3, 0.4) is 0 Å². The summed E-state index contributed by atoms with van der Waals surface area (Å²) in [6, 6.07) is 11.5. The monoisotopic (exact) mass is 405 g/mol. The molecule has 2 fully saturated rings. The minimum atomic E-state index is -0.176. The molecule has 0 bridgehead atoms. The fourth-order valence-corrected chi connectivity index (χ4v) is 3.93. The molecule has 156 valence electrons. The van der Waals surface area contributed by atoms with Gasteiger partial charge in [-0.15, -0.1) is 0 Å². The van der Waals surface area contributed by atoms with E-state index in [2.05, 4.69) is 10.3 Å². The molecule has 30 heavy (non-hydrogen) atoms. The van der Waals surface area contributed by atoms with E-state index in [4.69, 9.17) is 4.74 Å². The Hall–Kier alpha value is -3.15. The number of aromatic nitrogens is 1. The minimum absolute atomic E-state index is 0.171. The number of nitrogens with zero attached hydrogens (tertiary/aromatic N) is 2. The molecule has 1 saturated heterocycles. The third-order valence-corrected chi connectivity index (χ3v) is 5.59. The molecule has 1 N–H and O–H groups in total. The Morgan fingerprint density at radius 3 is 2.70 bits per heavy atom. The number of ether oxygens (including phenoxy) is 1. The van der Waals surface area contributed by atoms with E-state index in [9.17, 15) is 9.59 Å². The molecule has 1 aromatic heterocycles. The highest BCUT2D eigenvalue weighted by Gasteiger charge is 2.21. The molecule has 6 nitrogen and oxygen atoms in total. The van der Waals surface area contributed by atoms with Crippen LogP contribution in [0.1, 0.15) is 49.7 Å². The van der Waals surface area contributed by atoms with Gasteiger partial charge in [-0.05, 0) is 61.9 Å². The highest BCUT2D eigenvalue weighted by atomic mass is 16.5. The van der Waals surface area contributed by atoms with Crippen LogP contribution in [0.5, 0.6) is 5.88 Å². The Bertz CT molecular complexity index is 918. The highest BCUT2D eigenvalue weighted by Crippen LogP contribution is 2.25. The molecule has 2 aliphatic rings. The van der Waals surface area contributed by atoms with Crippen molar-refractivity contribution in [2.45, 2.75) is 51.2 Å². The van der Waals surface area contributed by atoms with Gasteiger partial charge in [-0.25, -0.2) is 4.98 Å². The maximum Gasteiger partial charge on any atom is 0.244 e. The molecule has 0 spiro atoms. The van der Waals surface area contributed by atoms with E-state index in [1.165, 1.54) is 18.9 Å². The molecule has 6 heteroatoms. The predicted octanol–water partition coefficient (Wildman–Crippen LogP) is 3.86. The van der Waals surface area contributed by atoms with E-state index in [0.29, 0.717) is 18.8 Å². The SMILES string of the molecule is O=C(/C=C/c1ccc(N2CCCC2=O)cc1)NCc1cccnc1OC1CCCC1. The van der Waals surface area contributed by atoms with Gasteiger partial charge in [-0.2, -0.15) is 0 Å². The lowest BCUT2D eigenvalue weighted by Gasteiger charge is -2.15. The number of amides is 2. The van der Waals surface area contributed by atoms with Crippen LogP contribution in [0, 0.1) is 0 Å². The number of benzene rings is 1. The third kappa shape index (κ3) is 5.06. The smallest absolute Gasteiger partial charge is 0.244 e. The van der Waals surface area contributed by atoms with Crippen molar-refractivity contribution in [1.29, 1.82) is 0 Å². The molecule has 1 aliphatic carbocycles. The second-order valence-electron chi connectivity index (χ2n) is 7.78. The first-order chi connectivity index (χ1) is 14.7. The largest absolute Gasteiger partial charge is 0.474 e. The van der Waals surface area contributed by atoms with E-state index in [1.54, 1.807) is 17.2 Å². The van der Waals surface area contributed by atoms with Crippen LogP contribution in [-0.4, -0.2) is 29.4 Å². The maximum absolute atomic E-state index is 12.3. The van der Waals surface area contributed by atoms with Crippen LogP contribution in [-0.2, 0) is 16.1 Å². The van der Waals surface area contributed by atoms with Crippen molar-refractivity contribution in [3.8, 4) is 5.88 Å². The quantitative estimate of drug-likeness (QED) is 0.710. The average molecular weight is 405 g/mol. The zero-order valence-corrected chi connectivity index (χ0v) is 17.0. The van der Waals surface area contributed by atoms with Crippen LogP contribution in [0.25, 0.3) is 6.08 Å².